The molecule has 0 aromatic heterocycles. The standard InChI is InChI=1S/C15H24N2O.ClH/c1-16-9-12-17-10-7-15(8-11-17)18-13-14-5-3-2-4-6-14;/h2-6,15-16H,7-13H2,1H3;1H. The summed E-state index contributed by atoms with van der Waals surface area (Å²) in [6.45, 7) is 5.32. The predicted octanol–water partition coefficient (Wildman–Crippen LogP) is 2.31. The van der Waals surface area contributed by atoms with Gasteiger partial charge >= 0.3 is 0 Å². The fourth-order valence-electron chi connectivity index (χ4n) is 2.36. The summed E-state index contributed by atoms with van der Waals surface area (Å²) < 4.78 is 5.98. The van der Waals surface area contributed by atoms with Gasteiger partial charge in [-0.2, -0.15) is 0 Å². The summed E-state index contributed by atoms with van der Waals surface area (Å²) in [6, 6.07) is 10.4. The molecule has 0 atom stereocenters. The Labute approximate surface area is 122 Å². The zero-order valence-electron chi connectivity index (χ0n) is 11.7. The number of nitrogens with one attached hydrogen (secondary N) is 1. The van der Waals surface area contributed by atoms with Crippen LogP contribution in [0.2, 0.25) is 0 Å². The third-order valence-electron chi connectivity index (χ3n) is 3.54. The van der Waals surface area contributed by atoms with Crippen molar-refractivity contribution < 1.29 is 4.74 Å². The summed E-state index contributed by atoms with van der Waals surface area (Å²) in [5.41, 5.74) is 1.27. The van der Waals surface area contributed by atoms with Crippen molar-refractivity contribution in [1.29, 1.82) is 0 Å². The highest BCUT2D eigenvalue weighted by atomic mass is 35.5. The normalized spacial score (nSPS) is 17.1. The number of halogens is 1. The molecule has 1 aromatic rings. The third kappa shape index (κ3) is 5.91. The largest absolute Gasteiger partial charge is 0.373 e. The van der Waals surface area contributed by atoms with Gasteiger partial charge in [-0.3, -0.25) is 0 Å². The molecule has 0 spiro atoms. The van der Waals surface area contributed by atoms with Crippen LogP contribution in [0.1, 0.15) is 18.4 Å². The zero-order valence-corrected chi connectivity index (χ0v) is 12.5. The average Bonchev–Trinajstić information content (AvgIpc) is 2.45. The maximum Gasteiger partial charge on any atom is 0.0720 e. The topological polar surface area (TPSA) is 24.5 Å². The van der Waals surface area contributed by atoms with Crippen LogP contribution in [0.4, 0.5) is 0 Å². The van der Waals surface area contributed by atoms with Crippen LogP contribution in [0.5, 0.6) is 0 Å². The summed E-state index contributed by atoms with van der Waals surface area (Å²) in [4.78, 5) is 2.51. The average molecular weight is 285 g/mol. The second kappa shape index (κ2) is 9.32. The van der Waals surface area contributed by atoms with Crippen molar-refractivity contribution in [3.05, 3.63) is 35.9 Å². The molecule has 1 aromatic carbocycles. The number of nitrogens with zero attached hydrogens (tertiary/aromatic N) is 1. The summed E-state index contributed by atoms with van der Waals surface area (Å²) in [7, 11) is 2.01. The minimum atomic E-state index is 0. The molecule has 0 radical (unpaired) electrons. The molecule has 1 heterocycles. The molecular weight excluding hydrogens is 260 g/mol. The predicted molar refractivity (Wildman–Crippen MR) is 81.9 cm³/mol. The summed E-state index contributed by atoms with van der Waals surface area (Å²) in [6.07, 6.45) is 2.77. The maximum absolute atomic E-state index is 5.98. The lowest BCUT2D eigenvalue weighted by Gasteiger charge is -2.31. The van der Waals surface area contributed by atoms with Gasteiger partial charge in [0.1, 0.15) is 0 Å². The number of likely N-dealkylation sites (tertiary alicyclic amines) is 1. The number of ether oxygens (including phenoxy) is 1. The van der Waals surface area contributed by atoms with E-state index in [1.165, 1.54) is 18.7 Å². The van der Waals surface area contributed by atoms with E-state index in [9.17, 15) is 0 Å². The van der Waals surface area contributed by atoms with E-state index < -0.39 is 0 Å². The van der Waals surface area contributed by atoms with Gasteiger partial charge in [0.15, 0.2) is 0 Å². The first-order valence-corrected chi connectivity index (χ1v) is 6.91. The molecule has 1 aliphatic heterocycles. The van der Waals surface area contributed by atoms with Crippen LogP contribution in [0.3, 0.4) is 0 Å². The highest BCUT2D eigenvalue weighted by Gasteiger charge is 2.18. The van der Waals surface area contributed by atoms with E-state index in [0.717, 1.165) is 32.5 Å². The molecule has 1 fully saturated rings. The van der Waals surface area contributed by atoms with Crippen molar-refractivity contribution in [2.24, 2.45) is 0 Å². The number of piperidine rings is 1. The number of hydrogen-bond donors (Lipinski definition) is 1. The van der Waals surface area contributed by atoms with E-state index in [1.807, 2.05) is 13.1 Å². The van der Waals surface area contributed by atoms with Gasteiger partial charge in [-0.25, -0.2) is 0 Å². The monoisotopic (exact) mass is 284 g/mol. The van der Waals surface area contributed by atoms with E-state index in [-0.39, 0.29) is 12.4 Å². The molecule has 3 nitrogen and oxygen atoms in total. The Morgan fingerprint density at radius 3 is 2.53 bits per heavy atom. The highest BCUT2D eigenvalue weighted by Crippen LogP contribution is 2.15. The van der Waals surface area contributed by atoms with Crippen LogP contribution in [-0.2, 0) is 11.3 Å². The third-order valence-corrected chi connectivity index (χ3v) is 3.54. The molecular formula is C15H25ClN2O. The van der Waals surface area contributed by atoms with Crippen molar-refractivity contribution in [2.45, 2.75) is 25.6 Å². The van der Waals surface area contributed by atoms with Crippen LogP contribution in [0.25, 0.3) is 0 Å². The Morgan fingerprint density at radius 1 is 1.21 bits per heavy atom. The van der Waals surface area contributed by atoms with Crippen molar-refractivity contribution in [1.82, 2.24) is 10.2 Å². The highest BCUT2D eigenvalue weighted by molar-refractivity contribution is 5.85. The minimum absolute atomic E-state index is 0. The van der Waals surface area contributed by atoms with Crippen LogP contribution in [0.15, 0.2) is 30.3 Å². The summed E-state index contributed by atoms with van der Waals surface area (Å²) in [5.74, 6) is 0. The van der Waals surface area contributed by atoms with Gasteiger partial charge in [0, 0.05) is 26.2 Å². The molecule has 0 aliphatic carbocycles. The minimum Gasteiger partial charge on any atom is -0.373 e. The number of rotatable bonds is 6. The van der Waals surface area contributed by atoms with Gasteiger partial charge in [0.05, 0.1) is 12.7 Å². The summed E-state index contributed by atoms with van der Waals surface area (Å²) >= 11 is 0. The van der Waals surface area contributed by atoms with E-state index in [4.69, 9.17) is 4.74 Å². The maximum atomic E-state index is 5.98. The van der Waals surface area contributed by atoms with Crippen molar-refractivity contribution in [3.8, 4) is 0 Å². The quantitative estimate of drug-likeness (QED) is 0.868. The number of benzene rings is 1. The zero-order chi connectivity index (χ0) is 12.6. The fraction of sp³-hybridized carbons (Fsp3) is 0.600. The van der Waals surface area contributed by atoms with Crippen molar-refractivity contribution >= 4 is 12.4 Å². The van der Waals surface area contributed by atoms with Crippen LogP contribution >= 0.6 is 12.4 Å². The molecule has 2 rings (SSSR count). The van der Waals surface area contributed by atoms with Gasteiger partial charge in [-0.05, 0) is 25.5 Å². The van der Waals surface area contributed by atoms with Gasteiger partial charge in [0.25, 0.3) is 0 Å². The van der Waals surface area contributed by atoms with E-state index >= 15 is 0 Å². The lowest BCUT2D eigenvalue weighted by atomic mass is 10.1. The fourth-order valence-corrected chi connectivity index (χ4v) is 2.36. The molecule has 0 unspecified atom stereocenters. The Kier molecular flexibility index (Phi) is 8.07. The van der Waals surface area contributed by atoms with Gasteiger partial charge in [-0.1, -0.05) is 30.3 Å². The van der Waals surface area contributed by atoms with Crippen LogP contribution in [0, 0.1) is 0 Å². The Balaban J connectivity index is 0.00000180. The Bertz CT molecular complexity index is 326. The van der Waals surface area contributed by atoms with Crippen molar-refractivity contribution in [2.75, 3.05) is 33.2 Å². The SMILES string of the molecule is CNCCN1CCC(OCc2ccccc2)CC1.Cl. The van der Waals surface area contributed by atoms with Crippen molar-refractivity contribution in [3.63, 3.8) is 0 Å². The first-order valence-electron chi connectivity index (χ1n) is 6.91. The molecule has 1 aliphatic rings. The van der Waals surface area contributed by atoms with Crippen LogP contribution < -0.4 is 5.32 Å². The first kappa shape index (κ1) is 16.4. The smallest absolute Gasteiger partial charge is 0.0720 e. The van der Waals surface area contributed by atoms with Gasteiger partial charge in [0.2, 0.25) is 0 Å². The Morgan fingerprint density at radius 2 is 1.89 bits per heavy atom. The van der Waals surface area contributed by atoms with Crippen LogP contribution in [-0.4, -0.2) is 44.2 Å². The lowest BCUT2D eigenvalue weighted by Crippen LogP contribution is -2.40. The molecule has 0 amide bonds. The van der Waals surface area contributed by atoms with E-state index in [2.05, 4.69) is 34.5 Å². The molecule has 1 N–H and O–H groups in total. The molecule has 0 saturated carbocycles. The molecule has 4 heteroatoms. The van der Waals surface area contributed by atoms with Gasteiger partial charge in [-0.15, -0.1) is 12.4 Å². The molecule has 0 bridgehead atoms. The molecule has 108 valence electrons. The number of hydrogen-bond acceptors (Lipinski definition) is 3. The van der Waals surface area contributed by atoms with E-state index in [0.29, 0.717) is 6.10 Å². The second-order valence-electron chi connectivity index (χ2n) is 4.94. The summed E-state index contributed by atoms with van der Waals surface area (Å²) in [5, 5.41) is 3.20. The number of likely N-dealkylation sites (N-methyl/N-ethyl adjacent to an activating group) is 1. The van der Waals surface area contributed by atoms with E-state index in [1.54, 1.807) is 0 Å². The first-order chi connectivity index (χ1) is 8.88. The van der Waals surface area contributed by atoms with Gasteiger partial charge < -0.3 is 15.0 Å². The lowest BCUT2D eigenvalue weighted by molar-refractivity contribution is -0.00209. The second-order valence-corrected chi connectivity index (χ2v) is 4.94. The Hall–Kier alpha value is -0.610. The molecule has 1 saturated heterocycles. The molecule has 19 heavy (non-hydrogen) atoms.